The molecule has 0 saturated carbocycles. The van der Waals surface area contributed by atoms with Crippen LogP contribution in [-0.2, 0) is 9.59 Å². The number of carbonyl (C=O) groups excluding carboxylic acids is 3. The molecule has 3 rings (SSSR count). The number of nitrogens with zero attached hydrogens (tertiary/aromatic N) is 2. The van der Waals surface area contributed by atoms with Gasteiger partial charge in [-0.3, -0.25) is 19.3 Å². The molecule has 2 aliphatic rings. The Balaban J connectivity index is 1.69. The predicted molar refractivity (Wildman–Crippen MR) is 81.5 cm³/mol. The maximum absolute atomic E-state index is 12.5. The van der Waals surface area contributed by atoms with Crippen LogP contribution in [-0.4, -0.2) is 53.8 Å². The van der Waals surface area contributed by atoms with Crippen LogP contribution >= 0.6 is 15.9 Å². The predicted octanol–water partition coefficient (Wildman–Crippen LogP) is 1.43. The summed E-state index contributed by atoms with van der Waals surface area (Å²) in [6.45, 7) is 0.778. The normalized spacial score (nSPS) is 18.6. The Labute approximate surface area is 136 Å². The van der Waals surface area contributed by atoms with Crippen LogP contribution in [0.3, 0.4) is 0 Å². The number of methoxy groups -OCH3 is 1. The molecule has 0 unspecified atom stereocenters. The van der Waals surface area contributed by atoms with E-state index in [-0.39, 0.29) is 36.6 Å². The Bertz CT molecular complexity index is 639. The quantitative estimate of drug-likeness (QED) is 0.759. The van der Waals surface area contributed by atoms with Gasteiger partial charge in [-0.25, -0.2) is 0 Å². The van der Waals surface area contributed by atoms with Crippen LogP contribution < -0.4 is 4.74 Å². The average Bonchev–Trinajstić information content (AvgIpc) is 2.78. The Morgan fingerprint density at radius 1 is 1.23 bits per heavy atom. The third-order valence-electron chi connectivity index (χ3n) is 4.01. The van der Waals surface area contributed by atoms with E-state index in [9.17, 15) is 14.4 Å². The number of hydrogen-bond donors (Lipinski definition) is 0. The van der Waals surface area contributed by atoms with Gasteiger partial charge in [0.25, 0.3) is 5.91 Å². The van der Waals surface area contributed by atoms with Crippen LogP contribution in [0.15, 0.2) is 22.7 Å². The number of halogens is 1. The minimum atomic E-state index is -0.184. The lowest BCUT2D eigenvalue weighted by Gasteiger charge is -2.43. The summed E-state index contributed by atoms with van der Waals surface area (Å²) in [5.41, 5.74) is 0.511. The van der Waals surface area contributed by atoms with E-state index in [1.165, 1.54) is 4.90 Å². The Morgan fingerprint density at radius 3 is 2.45 bits per heavy atom. The number of rotatable bonds is 3. The lowest BCUT2D eigenvalue weighted by molar-refractivity contribution is -0.144. The van der Waals surface area contributed by atoms with Crippen LogP contribution in [0, 0.1) is 0 Å². The fraction of sp³-hybridized carbons (Fsp3) is 0.400. The highest BCUT2D eigenvalue weighted by atomic mass is 79.9. The van der Waals surface area contributed by atoms with Gasteiger partial charge in [-0.05, 0) is 34.1 Å². The van der Waals surface area contributed by atoms with Crippen molar-refractivity contribution in [1.29, 1.82) is 0 Å². The molecule has 7 heteroatoms. The van der Waals surface area contributed by atoms with Crippen molar-refractivity contribution < 1.29 is 19.1 Å². The van der Waals surface area contributed by atoms with Gasteiger partial charge in [0.1, 0.15) is 5.75 Å². The molecule has 0 radical (unpaired) electrons. The van der Waals surface area contributed by atoms with E-state index in [1.807, 2.05) is 0 Å². The van der Waals surface area contributed by atoms with Gasteiger partial charge in [0, 0.05) is 30.4 Å². The van der Waals surface area contributed by atoms with E-state index in [0.717, 1.165) is 0 Å². The van der Waals surface area contributed by atoms with E-state index in [0.29, 0.717) is 28.9 Å². The number of hydrogen-bond acceptors (Lipinski definition) is 4. The maximum Gasteiger partial charge on any atom is 0.255 e. The summed E-state index contributed by atoms with van der Waals surface area (Å²) in [4.78, 5) is 38.8. The highest BCUT2D eigenvalue weighted by molar-refractivity contribution is 9.10. The van der Waals surface area contributed by atoms with Gasteiger partial charge in [-0.15, -0.1) is 0 Å². The molecule has 0 aromatic heterocycles. The van der Waals surface area contributed by atoms with Gasteiger partial charge >= 0.3 is 0 Å². The first kappa shape index (κ1) is 15.0. The SMILES string of the molecule is COc1ccc(Br)c(C(=O)N2CC(N3C(=O)CCC3=O)C2)c1. The molecule has 2 heterocycles. The first-order valence-electron chi connectivity index (χ1n) is 6.99. The highest BCUT2D eigenvalue weighted by Crippen LogP contribution is 2.28. The van der Waals surface area contributed by atoms with Gasteiger partial charge in [0.05, 0.1) is 18.7 Å². The summed E-state index contributed by atoms with van der Waals surface area (Å²) >= 11 is 3.36. The van der Waals surface area contributed by atoms with Crippen LogP contribution in [0.5, 0.6) is 5.75 Å². The second-order valence-corrected chi connectivity index (χ2v) is 6.22. The van der Waals surface area contributed by atoms with Gasteiger partial charge in [-0.1, -0.05) is 0 Å². The molecule has 1 aromatic rings. The van der Waals surface area contributed by atoms with E-state index < -0.39 is 0 Å². The minimum absolute atomic E-state index is 0.135. The summed E-state index contributed by atoms with van der Waals surface area (Å²) in [5.74, 6) is 0.198. The highest BCUT2D eigenvalue weighted by Gasteiger charge is 2.43. The minimum Gasteiger partial charge on any atom is -0.497 e. The molecule has 0 N–H and O–H groups in total. The van der Waals surface area contributed by atoms with Crippen molar-refractivity contribution in [3.05, 3.63) is 28.2 Å². The van der Waals surface area contributed by atoms with Crippen LogP contribution in [0.25, 0.3) is 0 Å². The molecule has 1 aromatic carbocycles. The van der Waals surface area contributed by atoms with Crippen molar-refractivity contribution in [2.45, 2.75) is 18.9 Å². The molecular formula is C15H15BrN2O4. The van der Waals surface area contributed by atoms with E-state index in [2.05, 4.69) is 15.9 Å². The molecule has 0 atom stereocenters. The second-order valence-electron chi connectivity index (χ2n) is 5.37. The maximum atomic E-state index is 12.5. The van der Waals surface area contributed by atoms with Crippen LogP contribution in [0.4, 0.5) is 0 Å². The standard InChI is InChI=1S/C15H15BrN2O4/c1-22-10-2-3-12(16)11(6-10)15(21)17-7-9(8-17)18-13(19)4-5-14(18)20/h2-3,6,9H,4-5,7-8H2,1H3. The molecule has 2 aliphatic heterocycles. The van der Waals surface area contributed by atoms with E-state index >= 15 is 0 Å². The number of amides is 3. The second kappa shape index (κ2) is 5.72. The van der Waals surface area contributed by atoms with Crippen LogP contribution in [0.2, 0.25) is 0 Å². The summed E-state index contributed by atoms with van der Waals surface area (Å²) in [5, 5.41) is 0. The lowest BCUT2D eigenvalue weighted by Crippen LogP contribution is -2.62. The summed E-state index contributed by atoms with van der Waals surface area (Å²) in [7, 11) is 1.54. The fourth-order valence-corrected chi connectivity index (χ4v) is 3.17. The van der Waals surface area contributed by atoms with E-state index in [4.69, 9.17) is 4.74 Å². The lowest BCUT2D eigenvalue weighted by atomic mass is 10.0. The van der Waals surface area contributed by atoms with Gasteiger partial charge in [0.15, 0.2) is 0 Å². The third kappa shape index (κ3) is 2.49. The summed E-state index contributed by atoms with van der Waals surface area (Å²) in [6.07, 6.45) is 0.565. The molecule has 116 valence electrons. The van der Waals surface area contributed by atoms with Gasteiger partial charge in [0.2, 0.25) is 11.8 Å². The first-order chi connectivity index (χ1) is 10.5. The number of imide groups is 1. The zero-order valence-corrected chi connectivity index (χ0v) is 13.6. The topological polar surface area (TPSA) is 66.9 Å². The van der Waals surface area contributed by atoms with E-state index in [1.54, 1.807) is 30.2 Å². The third-order valence-corrected chi connectivity index (χ3v) is 4.70. The number of benzene rings is 1. The van der Waals surface area contributed by atoms with Crippen molar-refractivity contribution in [1.82, 2.24) is 9.80 Å². The Kier molecular flexibility index (Phi) is 3.90. The van der Waals surface area contributed by atoms with Crippen molar-refractivity contribution in [2.24, 2.45) is 0 Å². The molecule has 2 saturated heterocycles. The first-order valence-corrected chi connectivity index (χ1v) is 7.78. The molecule has 0 bridgehead atoms. The van der Waals surface area contributed by atoms with Crippen LogP contribution in [0.1, 0.15) is 23.2 Å². The fourth-order valence-electron chi connectivity index (χ4n) is 2.75. The molecule has 22 heavy (non-hydrogen) atoms. The average molecular weight is 367 g/mol. The summed E-state index contributed by atoms with van der Waals surface area (Å²) < 4.78 is 5.82. The number of ether oxygens (including phenoxy) is 1. The summed E-state index contributed by atoms with van der Waals surface area (Å²) in [6, 6.07) is 5.01. The Morgan fingerprint density at radius 2 is 1.86 bits per heavy atom. The smallest absolute Gasteiger partial charge is 0.255 e. The molecular weight excluding hydrogens is 352 g/mol. The zero-order valence-electron chi connectivity index (χ0n) is 12.0. The molecule has 0 spiro atoms. The van der Waals surface area contributed by atoms with Gasteiger partial charge < -0.3 is 9.64 Å². The van der Waals surface area contributed by atoms with Crippen molar-refractivity contribution >= 4 is 33.7 Å². The zero-order chi connectivity index (χ0) is 15.9. The molecule has 3 amide bonds. The number of carbonyl (C=O) groups is 3. The molecule has 6 nitrogen and oxygen atoms in total. The number of likely N-dealkylation sites (tertiary alicyclic amines) is 2. The van der Waals surface area contributed by atoms with Crippen molar-refractivity contribution in [2.75, 3.05) is 20.2 Å². The molecule has 2 fully saturated rings. The van der Waals surface area contributed by atoms with Crippen molar-refractivity contribution in [3.63, 3.8) is 0 Å². The van der Waals surface area contributed by atoms with Crippen molar-refractivity contribution in [3.8, 4) is 5.75 Å². The van der Waals surface area contributed by atoms with Gasteiger partial charge in [-0.2, -0.15) is 0 Å². The largest absolute Gasteiger partial charge is 0.497 e. The monoisotopic (exact) mass is 366 g/mol. The molecule has 0 aliphatic carbocycles. The Hall–Kier alpha value is -1.89.